The van der Waals surface area contributed by atoms with Crippen molar-refractivity contribution in [3.8, 4) is 17.2 Å². The second-order valence-electron chi connectivity index (χ2n) is 13.2. The molecule has 0 radical (unpaired) electrons. The number of nitrogens with zero attached hydrogens (tertiary/aromatic N) is 7. The van der Waals surface area contributed by atoms with Gasteiger partial charge < -0.3 is 20.7 Å². The molecule has 1 aliphatic carbocycles. The molecule has 3 aliphatic rings. The molecule has 2 amide bonds. The largest absolute Gasteiger partial charge is 0.381 e. The summed E-state index contributed by atoms with van der Waals surface area (Å²) in [7, 11) is 1.90. The van der Waals surface area contributed by atoms with Crippen LogP contribution < -0.4 is 21.3 Å². The molecule has 3 fully saturated rings. The first kappa shape index (κ1) is 30.6. The van der Waals surface area contributed by atoms with E-state index in [1.165, 1.54) is 5.56 Å². The number of pyridine rings is 1. The third kappa shape index (κ3) is 6.49. The highest BCUT2D eigenvalue weighted by atomic mass is 16.5. The minimum Gasteiger partial charge on any atom is -0.381 e. The number of ether oxygens (including phenoxy) is 1. The maximum absolute atomic E-state index is 12.1. The molecule has 0 atom stereocenters. The van der Waals surface area contributed by atoms with Gasteiger partial charge in [0.2, 0.25) is 5.95 Å². The van der Waals surface area contributed by atoms with Crippen LogP contribution in [-0.4, -0.2) is 63.1 Å². The summed E-state index contributed by atoms with van der Waals surface area (Å²) in [5.41, 5.74) is 11.7. The molecule has 242 valence electrons. The molecular weight excluding hydrogens is 592 g/mol. The standard InChI is InChI=1S/C35H40N10O2/c1-44-20-26(18-40-44)29-19-38-31(42-33(37)46)30(28(29)15-23-5-3-2-4-6-23)24-7-9-27(10-8-24)41-34-39-17-25(16-36)32(43-34)45-21-35(22-45)11-13-47-14-12-35/h2-6,17-20,24,27H,7-15,21-22H2,1H3,(H,39,41,43)(H3,37,38,42,46). The normalized spacial score (nSPS) is 20.3. The number of hydrogen-bond acceptors (Lipinski definition) is 9. The molecule has 0 unspecified atom stereocenters. The minimum atomic E-state index is -0.632. The van der Waals surface area contributed by atoms with Gasteiger partial charge in [0.15, 0.2) is 5.82 Å². The topological polar surface area (TPSA) is 160 Å². The number of aryl methyl sites for hydroxylation is 1. The summed E-state index contributed by atoms with van der Waals surface area (Å²) >= 11 is 0. The number of urea groups is 1. The molecule has 4 N–H and O–H groups in total. The Labute approximate surface area is 274 Å². The second-order valence-corrected chi connectivity index (χ2v) is 13.2. The molecule has 1 aromatic carbocycles. The lowest BCUT2D eigenvalue weighted by atomic mass is 9.73. The van der Waals surface area contributed by atoms with Crippen molar-refractivity contribution >= 4 is 23.6 Å². The first-order chi connectivity index (χ1) is 22.9. The van der Waals surface area contributed by atoms with Crippen molar-refractivity contribution in [1.29, 1.82) is 5.26 Å². The summed E-state index contributed by atoms with van der Waals surface area (Å²) < 4.78 is 7.36. The van der Waals surface area contributed by atoms with Crippen LogP contribution in [0.25, 0.3) is 11.1 Å². The summed E-state index contributed by atoms with van der Waals surface area (Å²) in [4.78, 5) is 28.4. The number of carbonyl (C=O) groups excluding carboxylic acids is 1. The van der Waals surface area contributed by atoms with E-state index in [0.29, 0.717) is 29.6 Å². The molecule has 2 saturated heterocycles. The Bertz CT molecular complexity index is 1780. The number of benzene rings is 1. The number of primary amides is 1. The third-order valence-corrected chi connectivity index (χ3v) is 9.97. The zero-order valence-corrected chi connectivity index (χ0v) is 26.7. The van der Waals surface area contributed by atoms with Gasteiger partial charge in [-0.2, -0.15) is 15.3 Å². The molecular formula is C35H40N10O2. The van der Waals surface area contributed by atoms with Gasteiger partial charge in [0.1, 0.15) is 17.5 Å². The Morgan fingerprint density at radius 1 is 1.09 bits per heavy atom. The van der Waals surface area contributed by atoms with E-state index in [9.17, 15) is 10.1 Å². The molecule has 1 saturated carbocycles. The average Bonchev–Trinajstić information content (AvgIpc) is 3.50. The predicted molar refractivity (Wildman–Crippen MR) is 179 cm³/mol. The van der Waals surface area contributed by atoms with Gasteiger partial charge in [0.05, 0.1) is 12.4 Å². The van der Waals surface area contributed by atoms with Crippen LogP contribution in [0.1, 0.15) is 66.7 Å². The Morgan fingerprint density at radius 3 is 2.53 bits per heavy atom. The lowest BCUT2D eigenvalue weighted by Crippen LogP contribution is -2.59. The lowest BCUT2D eigenvalue weighted by molar-refractivity contribution is -0.000471. The van der Waals surface area contributed by atoms with Crippen LogP contribution in [0.5, 0.6) is 0 Å². The van der Waals surface area contributed by atoms with Gasteiger partial charge in [-0.25, -0.2) is 14.8 Å². The second kappa shape index (κ2) is 13.0. The van der Waals surface area contributed by atoms with Crippen LogP contribution in [0.3, 0.4) is 0 Å². The Morgan fingerprint density at radius 2 is 1.85 bits per heavy atom. The van der Waals surface area contributed by atoms with Crippen molar-refractivity contribution in [2.75, 3.05) is 41.8 Å². The van der Waals surface area contributed by atoms with Crippen LogP contribution in [0.15, 0.2) is 55.1 Å². The molecule has 0 bridgehead atoms. The molecule has 47 heavy (non-hydrogen) atoms. The molecule has 2 aliphatic heterocycles. The van der Waals surface area contributed by atoms with Crippen LogP contribution in [0.4, 0.5) is 22.4 Å². The van der Waals surface area contributed by atoms with Crippen molar-refractivity contribution < 1.29 is 9.53 Å². The summed E-state index contributed by atoms with van der Waals surface area (Å²) in [5, 5.41) is 20.6. The fraction of sp³-hybridized carbons (Fsp3) is 0.429. The van der Waals surface area contributed by atoms with Crippen LogP contribution in [-0.2, 0) is 18.2 Å². The molecule has 12 heteroatoms. The zero-order chi connectivity index (χ0) is 32.4. The van der Waals surface area contributed by atoms with Crippen molar-refractivity contribution in [3.63, 3.8) is 0 Å². The summed E-state index contributed by atoms with van der Waals surface area (Å²) in [6.07, 6.45) is 13.6. The molecule has 1 spiro atoms. The molecule has 3 aromatic heterocycles. The van der Waals surface area contributed by atoms with Gasteiger partial charge in [-0.1, -0.05) is 30.3 Å². The van der Waals surface area contributed by atoms with E-state index < -0.39 is 6.03 Å². The molecule has 5 heterocycles. The number of carbonyl (C=O) groups is 1. The Hall–Kier alpha value is -5.02. The van der Waals surface area contributed by atoms with Gasteiger partial charge in [0, 0.05) is 73.9 Å². The number of nitrogens with one attached hydrogen (secondary N) is 2. The van der Waals surface area contributed by atoms with Crippen molar-refractivity contribution in [3.05, 3.63) is 77.4 Å². The van der Waals surface area contributed by atoms with Crippen LogP contribution >= 0.6 is 0 Å². The zero-order valence-electron chi connectivity index (χ0n) is 26.7. The summed E-state index contributed by atoms with van der Waals surface area (Å²) in [5.74, 6) is 1.94. The van der Waals surface area contributed by atoms with E-state index in [1.54, 1.807) is 10.9 Å². The van der Waals surface area contributed by atoms with E-state index in [-0.39, 0.29) is 17.4 Å². The number of aromatic nitrogens is 5. The number of rotatable bonds is 8. The van der Waals surface area contributed by atoms with Crippen molar-refractivity contribution in [2.45, 2.75) is 56.9 Å². The van der Waals surface area contributed by atoms with Gasteiger partial charge in [-0.3, -0.25) is 10.00 Å². The van der Waals surface area contributed by atoms with Gasteiger partial charge in [-0.05, 0) is 62.0 Å². The number of anilines is 3. The smallest absolute Gasteiger partial charge is 0.317 e. The highest BCUT2D eigenvalue weighted by Crippen LogP contribution is 2.44. The lowest BCUT2D eigenvalue weighted by Gasteiger charge is -2.52. The van der Waals surface area contributed by atoms with Gasteiger partial charge in [0.25, 0.3) is 0 Å². The quantitative estimate of drug-likeness (QED) is 0.243. The first-order valence-corrected chi connectivity index (χ1v) is 16.4. The average molecular weight is 633 g/mol. The summed E-state index contributed by atoms with van der Waals surface area (Å²) in [6, 6.07) is 12.2. The highest BCUT2D eigenvalue weighted by Gasteiger charge is 2.45. The van der Waals surface area contributed by atoms with E-state index in [2.05, 4.69) is 43.8 Å². The monoisotopic (exact) mass is 632 g/mol. The summed E-state index contributed by atoms with van der Waals surface area (Å²) in [6.45, 7) is 3.39. The maximum Gasteiger partial charge on any atom is 0.317 e. The van der Waals surface area contributed by atoms with Gasteiger partial charge >= 0.3 is 6.03 Å². The number of nitrogens with two attached hydrogens (primary N) is 1. The predicted octanol–water partition coefficient (Wildman–Crippen LogP) is 4.98. The Kier molecular flexibility index (Phi) is 8.47. The third-order valence-electron chi connectivity index (χ3n) is 9.97. The molecule has 4 aromatic rings. The van der Waals surface area contributed by atoms with E-state index >= 15 is 0 Å². The van der Waals surface area contributed by atoms with Crippen LogP contribution in [0.2, 0.25) is 0 Å². The van der Waals surface area contributed by atoms with Crippen molar-refractivity contribution in [1.82, 2.24) is 24.7 Å². The first-order valence-electron chi connectivity index (χ1n) is 16.4. The van der Waals surface area contributed by atoms with Crippen molar-refractivity contribution in [2.24, 2.45) is 18.2 Å². The Balaban J connectivity index is 1.12. The molecule has 12 nitrogen and oxygen atoms in total. The fourth-order valence-electron chi connectivity index (χ4n) is 7.53. The van der Waals surface area contributed by atoms with Gasteiger partial charge in [-0.15, -0.1) is 0 Å². The number of hydrogen-bond donors (Lipinski definition) is 3. The SMILES string of the molecule is Cn1cc(-c2cnc(NC(N)=O)c(C3CCC(Nc4ncc(C#N)c(N5CC6(CCOCC6)C5)n4)CC3)c2Cc2ccccc2)cn1. The fourth-order valence-corrected chi connectivity index (χ4v) is 7.53. The van der Waals surface area contributed by atoms with E-state index in [4.69, 9.17) is 20.4 Å². The minimum absolute atomic E-state index is 0.159. The van der Waals surface area contributed by atoms with Crippen LogP contribution in [0, 0.1) is 16.7 Å². The number of nitriles is 1. The number of amides is 2. The maximum atomic E-state index is 12.1. The van der Waals surface area contributed by atoms with E-state index in [0.717, 1.165) is 87.1 Å². The van der Waals surface area contributed by atoms with E-state index in [1.807, 2.05) is 43.8 Å². The highest BCUT2D eigenvalue weighted by molar-refractivity contribution is 5.88. The molecule has 7 rings (SSSR count).